The van der Waals surface area contributed by atoms with E-state index in [4.69, 9.17) is 11.6 Å². The molecule has 1 aliphatic heterocycles. The van der Waals surface area contributed by atoms with Crippen molar-refractivity contribution in [3.05, 3.63) is 103 Å². The Morgan fingerprint density at radius 1 is 0.815 bits per heavy atom. The number of hydrogen-bond donors (Lipinski definition) is 3. The Morgan fingerprint density at radius 2 is 1.59 bits per heavy atom. The largest absolute Gasteiger partial charge is 0.341 e. The molecule has 0 fully saturated rings. The molecule has 0 bridgehead atoms. The SMILES string of the molecule is O=c1[nH]c2c(c(=O)[nH]1)[C@H](c1ccccc1Cl)c1c(ccc3ccccc13)N2. The predicted molar refractivity (Wildman–Crippen MR) is 107 cm³/mol. The zero-order chi connectivity index (χ0) is 18.5. The van der Waals surface area contributed by atoms with Gasteiger partial charge in [0.1, 0.15) is 5.82 Å². The van der Waals surface area contributed by atoms with Crippen LogP contribution in [0.1, 0.15) is 22.6 Å². The van der Waals surface area contributed by atoms with Crippen LogP contribution in [0.25, 0.3) is 10.8 Å². The summed E-state index contributed by atoms with van der Waals surface area (Å²) in [5.74, 6) is -0.00639. The second-order valence-electron chi connectivity index (χ2n) is 6.52. The Kier molecular flexibility index (Phi) is 3.45. The molecule has 3 aromatic carbocycles. The van der Waals surface area contributed by atoms with E-state index in [9.17, 15) is 9.59 Å². The van der Waals surface area contributed by atoms with Gasteiger partial charge in [0, 0.05) is 16.6 Å². The minimum Gasteiger partial charge on any atom is -0.341 e. The molecule has 6 heteroatoms. The summed E-state index contributed by atoms with van der Waals surface area (Å²) >= 11 is 6.52. The molecule has 0 aliphatic carbocycles. The summed E-state index contributed by atoms with van der Waals surface area (Å²) in [6.07, 6.45) is 0. The fourth-order valence-electron chi connectivity index (χ4n) is 3.88. The van der Waals surface area contributed by atoms with Gasteiger partial charge in [-0.15, -0.1) is 0 Å². The van der Waals surface area contributed by atoms with Gasteiger partial charge in [-0.25, -0.2) is 4.79 Å². The number of benzene rings is 3. The highest BCUT2D eigenvalue weighted by Gasteiger charge is 2.33. The summed E-state index contributed by atoms with van der Waals surface area (Å²) in [6, 6.07) is 19.5. The summed E-state index contributed by atoms with van der Waals surface area (Å²) in [6.45, 7) is 0. The standard InChI is InChI=1S/C21H14ClN3O2/c22-14-8-4-3-7-13(14)17-16-12-6-2-1-5-11(12)9-10-15(16)23-19-18(17)20(26)25-21(27)24-19/h1-10,17H,(H3,23,24,25,26,27)/t17-/m1/s1. The minimum absolute atomic E-state index is 0.399. The minimum atomic E-state index is -0.548. The first kappa shape index (κ1) is 15.9. The highest BCUT2D eigenvalue weighted by molar-refractivity contribution is 6.31. The van der Waals surface area contributed by atoms with E-state index < -0.39 is 17.2 Å². The molecule has 5 nitrogen and oxygen atoms in total. The van der Waals surface area contributed by atoms with Crippen LogP contribution in [-0.4, -0.2) is 9.97 Å². The van der Waals surface area contributed by atoms with Crippen LogP contribution in [0.15, 0.2) is 70.3 Å². The zero-order valence-electron chi connectivity index (χ0n) is 14.0. The molecule has 3 N–H and O–H groups in total. The molecule has 2 heterocycles. The van der Waals surface area contributed by atoms with Crippen LogP contribution < -0.4 is 16.6 Å². The number of hydrogen-bond acceptors (Lipinski definition) is 3. The van der Waals surface area contributed by atoms with Crippen LogP contribution in [0.2, 0.25) is 5.02 Å². The van der Waals surface area contributed by atoms with E-state index in [0.717, 1.165) is 27.6 Å². The molecular weight excluding hydrogens is 362 g/mol. The van der Waals surface area contributed by atoms with Crippen molar-refractivity contribution in [2.45, 2.75) is 5.92 Å². The molecule has 0 saturated carbocycles. The van der Waals surface area contributed by atoms with Crippen molar-refractivity contribution in [2.24, 2.45) is 0 Å². The van der Waals surface area contributed by atoms with Crippen LogP contribution in [-0.2, 0) is 0 Å². The molecule has 0 spiro atoms. The highest BCUT2D eigenvalue weighted by Crippen LogP contribution is 2.46. The first-order chi connectivity index (χ1) is 13.1. The third-order valence-corrected chi connectivity index (χ3v) is 5.35. The summed E-state index contributed by atoms with van der Waals surface area (Å²) in [5.41, 5.74) is 2.10. The van der Waals surface area contributed by atoms with Gasteiger partial charge in [0.05, 0.1) is 5.56 Å². The molecule has 1 aromatic heterocycles. The van der Waals surface area contributed by atoms with Gasteiger partial charge in [0.2, 0.25) is 0 Å². The molecule has 1 atom stereocenters. The van der Waals surface area contributed by atoms with Crippen molar-refractivity contribution in [3.63, 3.8) is 0 Å². The van der Waals surface area contributed by atoms with Gasteiger partial charge in [-0.2, -0.15) is 0 Å². The van der Waals surface area contributed by atoms with Crippen LogP contribution in [0, 0.1) is 0 Å². The number of fused-ring (bicyclic) bond motifs is 4. The van der Waals surface area contributed by atoms with Crippen molar-refractivity contribution in [2.75, 3.05) is 5.32 Å². The Hall–Kier alpha value is -3.31. The lowest BCUT2D eigenvalue weighted by Gasteiger charge is -2.30. The van der Waals surface area contributed by atoms with Crippen LogP contribution >= 0.6 is 11.6 Å². The zero-order valence-corrected chi connectivity index (χ0v) is 14.8. The Balaban J connectivity index is 1.94. The highest BCUT2D eigenvalue weighted by atomic mass is 35.5. The predicted octanol–water partition coefficient (Wildman–Crippen LogP) is 4.11. The van der Waals surface area contributed by atoms with E-state index in [1.54, 1.807) is 0 Å². The number of nitrogens with one attached hydrogen (secondary N) is 3. The van der Waals surface area contributed by atoms with Crippen LogP contribution in [0.3, 0.4) is 0 Å². The lowest BCUT2D eigenvalue weighted by Crippen LogP contribution is -2.32. The maximum atomic E-state index is 12.8. The molecule has 5 rings (SSSR count). The van der Waals surface area contributed by atoms with E-state index in [1.807, 2.05) is 60.7 Å². The Labute approximate surface area is 158 Å². The van der Waals surface area contributed by atoms with Crippen LogP contribution in [0.4, 0.5) is 11.5 Å². The van der Waals surface area contributed by atoms with Crippen molar-refractivity contribution >= 4 is 33.9 Å². The smallest absolute Gasteiger partial charge is 0.327 e. The molecule has 0 amide bonds. The monoisotopic (exact) mass is 375 g/mol. The molecule has 1 aliphatic rings. The van der Waals surface area contributed by atoms with Crippen molar-refractivity contribution in [3.8, 4) is 0 Å². The van der Waals surface area contributed by atoms with E-state index in [1.165, 1.54) is 0 Å². The fourth-order valence-corrected chi connectivity index (χ4v) is 4.13. The van der Waals surface area contributed by atoms with Crippen molar-refractivity contribution in [1.29, 1.82) is 0 Å². The Bertz CT molecular complexity index is 1320. The lowest BCUT2D eigenvalue weighted by molar-refractivity contribution is 0.893. The van der Waals surface area contributed by atoms with Gasteiger partial charge in [0.25, 0.3) is 5.56 Å². The normalized spacial score (nSPS) is 15.1. The van der Waals surface area contributed by atoms with E-state index in [2.05, 4.69) is 15.3 Å². The number of halogens is 1. The van der Waals surface area contributed by atoms with Crippen LogP contribution in [0.5, 0.6) is 0 Å². The number of H-pyrrole nitrogens is 2. The van der Waals surface area contributed by atoms with Gasteiger partial charge < -0.3 is 5.32 Å². The Morgan fingerprint density at radius 3 is 2.44 bits per heavy atom. The first-order valence-electron chi connectivity index (χ1n) is 8.53. The van der Waals surface area contributed by atoms with E-state index in [0.29, 0.717) is 16.4 Å². The number of aromatic nitrogens is 2. The summed E-state index contributed by atoms with van der Waals surface area (Å²) in [4.78, 5) is 29.6. The fraction of sp³-hybridized carbons (Fsp3) is 0.0476. The van der Waals surface area contributed by atoms with Gasteiger partial charge in [-0.1, -0.05) is 60.1 Å². The van der Waals surface area contributed by atoms with Gasteiger partial charge in [0.15, 0.2) is 0 Å². The topological polar surface area (TPSA) is 77.8 Å². The van der Waals surface area contributed by atoms with Gasteiger partial charge in [-0.05, 0) is 34.0 Å². The quantitative estimate of drug-likeness (QED) is 0.412. The number of anilines is 2. The third-order valence-electron chi connectivity index (χ3n) is 5.00. The number of rotatable bonds is 1. The average molecular weight is 376 g/mol. The summed E-state index contributed by atoms with van der Waals surface area (Å²) in [7, 11) is 0. The second-order valence-corrected chi connectivity index (χ2v) is 6.93. The molecule has 132 valence electrons. The van der Waals surface area contributed by atoms with E-state index >= 15 is 0 Å². The second kappa shape index (κ2) is 5.86. The molecule has 0 saturated heterocycles. The summed E-state index contributed by atoms with van der Waals surface area (Å²) < 4.78 is 0. The van der Waals surface area contributed by atoms with Crippen molar-refractivity contribution in [1.82, 2.24) is 9.97 Å². The third kappa shape index (κ3) is 2.39. The molecule has 27 heavy (non-hydrogen) atoms. The average Bonchev–Trinajstić information content (AvgIpc) is 2.66. The lowest BCUT2D eigenvalue weighted by atomic mass is 9.80. The van der Waals surface area contributed by atoms with Crippen molar-refractivity contribution < 1.29 is 0 Å². The maximum absolute atomic E-state index is 12.8. The molecule has 0 unspecified atom stereocenters. The number of aromatic amines is 2. The molecule has 4 aromatic rings. The van der Waals surface area contributed by atoms with Gasteiger partial charge >= 0.3 is 5.69 Å². The molecular formula is C21H14ClN3O2. The van der Waals surface area contributed by atoms with E-state index in [-0.39, 0.29) is 0 Å². The molecule has 0 radical (unpaired) electrons. The maximum Gasteiger partial charge on any atom is 0.327 e. The van der Waals surface area contributed by atoms with Gasteiger partial charge in [-0.3, -0.25) is 14.8 Å². The summed E-state index contributed by atoms with van der Waals surface area (Å²) in [5, 5.41) is 5.88. The first-order valence-corrected chi connectivity index (χ1v) is 8.91.